The van der Waals surface area contributed by atoms with Gasteiger partial charge in [-0.15, -0.1) is 0 Å². The lowest BCUT2D eigenvalue weighted by atomic mass is 9.98. The van der Waals surface area contributed by atoms with Crippen molar-refractivity contribution < 1.29 is 9.47 Å². The molecule has 3 heteroatoms. The van der Waals surface area contributed by atoms with Crippen molar-refractivity contribution in [1.82, 2.24) is 0 Å². The number of anilines is 1. The number of aryl methyl sites for hydroxylation is 1. The number of ether oxygens (including phenoxy) is 2. The van der Waals surface area contributed by atoms with Crippen LogP contribution in [0.1, 0.15) is 39.7 Å². The van der Waals surface area contributed by atoms with E-state index in [1.807, 2.05) is 6.07 Å². The molecule has 2 rings (SSSR count). The maximum atomic E-state index is 5.86. The molecule has 0 radical (unpaired) electrons. The van der Waals surface area contributed by atoms with Gasteiger partial charge in [0.1, 0.15) is 12.4 Å². The topological polar surface area (TPSA) is 30.5 Å². The number of nitrogens with one attached hydrogen (secondary N) is 1. The summed E-state index contributed by atoms with van der Waals surface area (Å²) < 4.78 is 11.5. The molecule has 3 nitrogen and oxygen atoms in total. The number of rotatable bonds is 4. The molecule has 0 saturated heterocycles. The van der Waals surface area contributed by atoms with Crippen molar-refractivity contribution >= 4 is 5.69 Å². The van der Waals surface area contributed by atoms with E-state index in [-0.39, 0.29) is 5.60 Å². The molecule has 1 aliphatic heterocycles. The number of hydrogen-bond donors (Lipinski definition) is 1. The summed E-state index contributed by atoms with van der Waals surface area (Å²) in [7, 11) is 0. The second-order valence-corrected chi connectivity index (χ2v) is 6.18. The lowest BCUT2D eigenvalue weighted by Crippen LogP contribution is -2.24. The Kier molecular flexibility index (Phi) is 4.35. The van der Waals surface area contributed by atoms with Crippen LogP contribution in [0.4, 0.5) is 5.69 Å². The molecule has 0 bridgehead atoms. The predicted molar refractivity (Wildman–Crippen MR) is 79.0 cm³/mol. The van der Waals surface area contributed by atoms with E-state index in [1.54, 1.807) is 0 Å². The molecule has 0 saturated carbocycles. The van der Waals surface area contributed by atoms with E-state index in [0.29, 0.717) is 19.3 Å². The molecule has 19 heavy (non-hydrogen) atoms. The van der Waals surface area contributed by atoms with Crippen LogP contribution in [0.2, 0.25) is 0 Å². The summed E-state index contributed by atoms with van der Waals surface area (Å²) in [6.07, 6.45) is 2.31. The minimum absolute atomic E-state index is 0.105. The minimum Gasteiger partial charge on any atom is -0.489 e. The Morgan fingerprint density at radius 1 is 1.26 bits per heavy atom. The summed E-state index contributed by atoms with van der Waals surface area (Å²) >= 11 is 0. The second kappa shape index (κ2) is 5.83. The first-order valence-corrected chi connectivity index (χ1v) is 7.11. The molecule has 0 fully saturated rings. The monoisotopic (exact) mass is 263 g/mol. The Balaban J connectivity index is 1.94. The first-order valence-electron chi connectivity index (χ1n) is 7.11. The number of para-hydroxylation sites is 1. The SMILES string of the molecule is CC1CCc2cccc(OCCOC(C)(C)C)c2N1. The van der Waals surface area contributed by atoms with Crippen LogP contribution in [0.3, 0.4) is 0 Å². The fourth-order valence-electron chi connectivity index (χ4n) is 2.26. The average Bonchev–Trinajstić information content (AvgIpc) is 2.33. The molecule has 1 atom stereocenters. The van der Waals surface area contributed by atoms with Crippen LogP contribution in [0, 0.1) is 0 Å². The van der Waals surface area contributed by atoms with Gasteiger partial charge in [-0.1, -0.05) is 12.1 Å². The Labute approximate surface area is 116 Å². The summed E-state index contributed by atoms with van der Waals surface area (Å²) in [4.78, 5) is 0. The standard InChI is InChI=1S/C16H25NO2/c1-12-8-9-13-6-5-7-14(15(13)17-12)18-10-11-19-16(2,3)4/h5-7,12,17H,8-11H2,1-4H3. The van der Waals surface area contributed by atoms with Crippen LogP contribution in [-0.2, 0) is 11.2 Å². The van der Waals surface area contributed by atoms with Gasteiger partial charge in [-0.05, 0) is 52.2 Å². The predicted octanol–water partition coefficient (Wildman–Crippen LogP) is 3.63. The molecule has 0 aliphatic carbocycles. The smallest absolute Gasteiger partial charge is 0.142 e. The Morgan fingerprint density at radius 2 is 2.05 bits per heavy atom. The summed E-state index contributed by atoms with van der Waals surface area (Å²) in [5.74, 6) is 0.946. The zero-order chi connectivity index (χ0) is 13.9. The van der Waals surface area contributed by atoms with Gasteiger partial charge >= 0.3 is 0 Å². The van der Waals surface area contributed by atoms with Crippen LogP contribution in [0.5, 0.6) is 5.75 Å². The maximum absolute atomic E-state index is 5.86. The molecule has 0 amide bonds. The van der Waals surface area contributed by atoms with Crippen LogP contribution in [0.25, 0.3) is 0 Å². The molecule has 1 aromatic rings. The van der Waals surface area contributed by atoms with Crippen LogP contribution in [0.15, 0.2) is 18.2 Å². The van der Waals surface area contributed by atoms with Crippen molar-refractivity contribution in [3.8, 4) is 5.75 Å². The molecule has 1 N–H and O–H groups in total. The first-order chi connectivity index (χ1) is 8.96. The molecular formula is C16H25NO2. The van der Waals surface area contributed by atoms with Gasteiger partial charge in [0.25, 0.3) is 0 Å². The van der Waals surface area contributed by atoms with E-state index in [9.17, 15) is 0 Å². The van der Waals surface area contributed by atoms with Crippen molar-refractivity contribution in [1.29, 1.82) is 0 Å². The van der Waals surface area contributed by atoms with Crippen molar-refractivity contribution in [2.75, 3.05) is 18.5 Å². The first kappa shape index (κ1) is 14.2. The molecular weight excluding hydrogens is 238 g/mol. The number of hydrogen-bond acceptors (Lipinski definition) is 3. The van der Waals surface area contributed by atoms with E-state index in [0.717, 1.165) is 17.9 Å². The van der Waals surface area contributed by atoms with Gasteiger partial charge in [0.05, 0.1) is 17.9 Å². The highest BCUT2D eigenvalue weighted by atomic mass is 16.5. The lowest BCUT2D eigenvalue weighted by Gasteiger charge is -2.26. The lowest BCUT2D eigenvalue weighted by molar-refractivity contribution is -0.0162. The van der Waals surface area contributed by atoms with E-state index in [4.69, 9.17) is 9.47 Å². The second-order valence-electron chi connectivity index (χ2n) is 6.18. The normalized spacial score (nSPS) is 18.6. The van der Waals surface area contributed by atoms with Crippen LogP contribution in [-0.4, -0.2) is 24.9 Å². The highest BCUT2D eigenvalue weighted by molar-refractivity contribution is 5.63. The highest BCUT2D eigenvalue weighted by Crippen LogP contribution is 2.33. The van der Waals surface area contributed by atoms with Crippen molar-refractivity contribution in [3.05, 3.63) is 23.8 Å². The van der Waals surface area contributed by atoms with Crippen molar-refractivity contribution in [2.24, 2.45) is 0 Å². The zero-order valence-corrected chi connectivity index (χ0v) is 12.5. The van der Waals surface area contributed by atoms with E-state index in [1.165, 1.54) is 12.0 Å². The third kappa shape index (κ3) is 4.13. The van der Waals surface area contributed by atoms with Crippen molar-refractivity contribution in [3.63, 3.8) is 0 Å². The summed E-state index contributed by atoms with van der Waals surface area (Å²) in [6.45, 7) is 9.58. The molecule has 1 heterocycles. The third-order valence-electron chi connectivity index (χ3n) is 3.23. The van der Waals surface area contributed by atoms with Gasteiger partial charge in [-0.25, -0.2) is 0 Å². The zero-order valence-electron chi connectivity index (χ0n) is 12.5. The average molecular weight is 263 g/mol. The highest BCUT2D eigenvalue weighted by Gasteiger charge is 2.17. The fourth-order valence-corrected chi connectivity index (χ4v) is 2.26. The van der Waals surface area contributed by atoms with E-state index in [2.05, 4.69) is 45.1 Å². The Hall–Kier alpha value is -1.22. The van der Waals surface area contributed by atoms with E-state index >= 15 is 0 Å². The summed E-state index contributed by atoms with van der Waals surface area (Å²) in [6, 6.07) is 6.78. The Morgan fingerprint density at radius 3 is 2.79 bits per heavy atom. The third-order valence-corrected chi connectivity index (χ3v) is 3.23. The summed E-state index contributed by atoms with van der Waals surface area (Å²) in [5, 5.41) is 3.52. The van der Waals surface area contributed by atoms with Gasteiger partial charge < -0.3 is 14.8 Å². The van der Waals surface area contributed by atoms with E-state index < -0.39 is 0 Å². The van der Waals surface area contributed by atoms with Crippen LogP contribution >= 0.6 is 0 Å². The van der Waals surface area contributed by atoms with Crippen LogP contribution < -0.4 is 10.1 Å². The van der Waals surface area contributed by atoms with Gasteiger partial charge in [0.2, 0.25) is 0 Å². The quantitative estimate of drug-likeness (QED) is 0.841. The molecule has 1 aliphatic rings. The van der Waals surface area contributed by atoms with Crippen molar-refractivity contribution in [2.45, 2.75) is 52.2 Å². The minimum atomic E-state index is -0.105. The Bertz CT molecular complexity index is 423. The largest absolute Gasteiger partial charge is 0.489 e. The molecule has 0 spiro atoms. The summed E-state index contributed by atoms with van der Waals surface area (Å²) in [5.41, 5.74) is 2.41. The molecule has 0 aromatic heterocycles. The molecule has 1 unspecified atom stereocenters. The van der Waals surface area contributed by atoms with Gasteiger partial charge in [-0.3, -0.25) is 0 Å². The van der Waals surface area contributed by atoms with Gasteiger partial charge in [0, 0.05) is 6.04 Å². The number of fused-ring (bicyclic) bond motifs is 1. The van der Waals surface area contributed by atoms with Gasteiger partial charge in [0.15, 0.2) is 0 Å². The maximum Gasteiger partial charge on any atom is 0.142 e. The fraction of sp³-hybridized carbons (Fsp3) is 0.625. The van der Waals surface area contributed by atoms with Gasteiger partial charge in [-0.2, -0.15) is 0 Å². The molecule has 1 aromatic carbocycles. The molecule has 106 valence electrons. The number of benzene rings is 1.